The zero-order valence-electron chi connectivity index (χ0n) is 16.2. The zero-order valence-corrected chi connectivity index (χ0v) is 16.2. The average molecular weight is 403 g/mol. The van der Waals surface area contributed by atoms with Crippen molar-refractivity contribution in [3.05, 3.63) is 96.2 Å². The van der Waals surface area contributed by atoms with E-state index in [4.69, 9.17) is 4.42 Å². The number of aromatic nitrogens is 2. The Morgan fingerprint density at radius 3 is 2.70 bits per heavy atom. The number of amides is 1. The largest absolute Gasteiger partial charge is 0.503 e. The van der Waals surface area contributed by atoms with Crippen LogP contribution < -0.4 is 0 Å². The molecule has 1 atom stereocenters. The number of furan rings is 1. The number of imidazole rings is 1. The molecule has 0 saturated heterocycles. The van der Waals surface area contributed by atoms with E-state index in [2.05, 4.69) is 4.98 Å². The maximum absolute atomic E-state index is 12.9. The number of aliphatic hydroxyl groups excluding tert-OH is 1. The van der Waals surface area contributed by atoms with Crippen LogP contribution in [0.15, 0.2) is 89.3 Å². The summed E-state index contributed by atoms with van der Waals surface area (Å²) in [7, 11) is 0. The number of nitrogens with zero attached hydrogens (tertiary/aromatic N) is 3. The van der Waals surface area contributed by atoms with E-state index >= 15 is 0 Å². The molecule has 1 amide bonds. The number of carbonyl (C=O) groups excluding carboxylic acids is 2. The van der Waals surface area contributed by atoms with Crippen LogP contribution in [0.4, 0.5) is 0 Å². The van der Waals surface area contributed by atoms with Gasteiger partial charge in [-0.15, -0.1) is 0 Å². The molecule has 0 spiro atoms. The molecular weight excluding hydrogens is 382 g/mol. The van der Waals surface area contributed by atoms with E-state index in [1.165, 1.54) is 18.4 Å². The van der Waals surface area contributed by atoms with Gasteiger partial charge < -0.3 is 19.0 Å². The molecule has 0 aliphatic carbocycles. The monoisotopic (exact) mass is 403 g/mol. The number of aryl methyl sites for hydroxylation is 1. The Labute approximate surface area is 173 Å². The summed E-state index contributed by atoms with van der Waals surface area (Å²) < 4.78 is 7.13. The molecule has 30 heavy (non-hydrogen) atoms. The standard InChI is InChI=1S/C23H21N3O4/c27-19(10-9-18-8-4-15-30-18)20-21(17-6-2-1-3-7-17)26(23(29)22(20)28)13-5-12-25-14-11-24-16-25/h1-4,6-11,14-16,21,28H,5,12-13H2. The van der Waals surface area contributed by atoms with Crippen LogP contribution >= 0.6 is 0 Å². The lowest BCUT2D eigenvalue weighted by molar-refractivity contribution is -0.129. The lowest BCUT2D eigenvalue weighted by Crippen LogP contribution is -2.32. The summed E-state index contributed by atoms with van der Waals surface area (Å²) in [5.74, 6) is -0.950. The second kappa shape index (κ2) is 8.65. The first-order chi connectivity index (χ1) is 14.6. The van der Waals surface area contributed by atoms with E-state index < -0.39 is 23.5 Å². The maximum atomic E-state index is 12.9. The molecule has 0 saturated carbocycles. The second-order valence-electron chi connectivity index (χ2n) is 6.94. The van der Waals surface area contributed by atoms with Gasteiger partial charge in [-0.1, -0.05) is 30.3 Å². The Morgan fingerprint density at radius 2 is 2.00 bits per heavy atom. The molecule has 1 aromatic carbocycles. The number of rotatable bonds is 8. The molecule has 1 unspecified atom stereocenters. The summed E-state index contributed by atoms with van der Waals surface area (Å²) in [5.41, 5.74) is 0.851. The van der Waals surface area contributed by atoms with Crippen LogP contribution in [-0.2, 0) is 16.1 Å². The Bertz CT molecular complexity index is 1070. The lowest BCUT2D eigenvalue weighted by atomic mass is 9.95. The summed E-state index contributed by atoms with van der Waals surface area (Å²) >= 11 is 0. The van der Waals surface area contributed by atoms with Crippen LogP contribution in [0.1, 0.15) is 23.8 Å². The number of aliphatic hydroxyl groups is 1. The van der Waals surface area contributed by atoms with E-state index in [9.17, 15) is 14.7 Å². The number of ketones is 1. The van der Waals surface area contributed by atoms with Crippen LogP contribution in [0.25, 0.3) is 6.08 Å². The normalized spacial score (nSPS) is 16.7. The summed E-state index contributed by atoms with van der Waals surface area (Å²) in [4.78, 5) is 31.3. The Hall–Kier alpha value is -3.87. The van der Waals surface area contributed by atoms with Gasteiger partial charge in [0.05, 0.1) is 24.2 Å². The molecule has 7 nitrogen and oxygen atoms in total. The van der Waals surface area contributed by atoms with Crippen molar-refractivity contribution in [3.63, 3.8) is 0 Å². The van der Waals surface area contributed by atoms with Gasteiger partial charge in [-0.3, -0.25) is 9.59 Å². The zero-order chi connectivity index (χ0) is 20.9. The molecule has 3 aromatic rings. The van der Waals surface area contributed by atoms with Crippen molar-refractivity contribution in [1.29, 1.82) is 0 Å². The van der Waals surface area contributed by atoms with Crippen LogP contribution in [0, 0.1) is 0 Å². The van der Waals surface area contributed by atoms with Gasteiger partial charge in [-0.2, -0.15) is 0 Å². The molecule has 4 rings (SSSR count). The predicted octanol–water partition coefficient (Wildman–Crippen LogP) is 3.54. The van der Waals surface area contributed by atoms with E-state index in [-0.39, 0.29) is 5.57 Å². The van der Waals surface area contributed by atoms with Crippen molar-refractivity contribution in [2.75, 3.05) is 6.54 Å². The van der Waals surface area contributed by atoms with E-state index in [0.29, 0.717) is 25.3 Å². The van der Waals surface area contributed by atoms with Crippen molar-refractivity contribution < 1.29 is 19.1 Å². The van der Waals surface area contributed by atoms with Gasteiger partial charge >= 0.3 is 0 Å². The highest BCUT2D eigenvalue weighted by molar-refractivity contribution is 6.14. The van der Waals surface area contributed by atoms with Gasteiger partial charge in [0, 0.05) is 25.5 Å². The predicted molar refractivity (Wildman–Crippen MR) is 110 cm³/mol. The average Bonchev–Trinajstić information content (AvgIpc) is 3.51. The van der Waals surface area contributed by atoms with Gasteiger partial charge in [0.2, 0.25) is 0 Å². The topological polar surface area (TPSA) is 88.6 Å². The third-order valence-electron chi connectivity index (χ3n) is 5.00. The quantitative estimate of drug-likeness (QED) is 0.581. The molecule has 1 aliphatic heterocycles. The Balaban J connectivity index is 1.59. The minimum absolute atomic E-state index is 0.0802. The van der Waals surface area contributed by atoms with Gasteiger partial charge in [0.1, 0.15) is 5.76 Å². The molecule has 2 aromatic heterocycles. The van der Waals surface area contributed by atoms with Crippen LogP contribution in [0.5, 0.6) is 0 Å². The third-order valence-corrected chi connectivity index (χ3v) is 5.00. The lowest BCUT2D eigenvalue weighted by Gasteiger charge is -2.26. The first-order valence-electron chi connectivity index (χ1n) is 9.66. The van der Waals surface area contributed by atoms with Crippen molar-refractivity contribution in [2.45, 2.75) is 19.0 Å². The number of allylic oxidation sites excluding steroid dienone is 1. The molecule has 7 heteroatoms. The van der Waals surface area contributed by atoms with Crippen molar-refractivity contribution in [2.24, 2.45) is 0 Å². The smallest absolute Gasteiger partial charge is 0.290 e. The van der Waals surface area contributed by atoms with Gasteiger partial charge in [0.15, 0.2) is 11.5 Å². The molecule has 1 N–H and O–H groups in total. The number of hydrogen-bond donors (Lipinski definition) is 1. The van der Waals surface area contributed by atoms with Crippen molar-refractivity contribution in [3.8, 4) is 0 Å². The molecule has 0 radical (unpaired) electrons. The Kier molecular flexibility index (Phi) is 5.61. The maximum Gasteiger partial charge on any atom is 0.290 e. The van der Waals surface area contributed by atoms with Crippen LogP contribution in [0.2, 0.25) is 0 Å². The van der Waals surface area contributed by atoms with E-state index in [0.717, 1.165) is 5.56 Å². The first-order valence-corrected chi connectivity index (χ1v) is 9.66. The van der Waals surface area contributed by atoms with Crippen LogP contribution in [-0.4, -0.2) is 37.8 Å². The number of carbonyl (C=O) groups is 2. The molecule has 1 aliphatic rings. The summed E-state index contributed by atoms with van der Waals surface area (Å²) in [6.45, 7) is 1.06. The highest BCUT2D eigenvalue weighted by atomic mass is 16.3. The SMILES string of the molecule is O=C(C=Cc1ccco1)C1=C(O)C(=O)N(CCCn2ccnc2)C1c1ccccc1. The van der Waals surface area contributed by atoms with Gasteiger partial charge in [0.25, 0.3) is 5.91 Å². The van der Waals surface area contributed by atoms with Crippen LogP contribution in [0.3, 0.4) is 0 Å². The fraction of sp³-hybridized carbons (Fsp3) is 0.174. The minimum atomic E-state index is -0.643. The molecule has 0 fully saturated rings. The molecular formula is C23H21N3O4. The number of hydrogen-bond acceptors (Lipinski definition) is 5. The minimum Gasteiger partial charge on any atom is -0.503 e. The summed E-state index contributed by atoms with van der Waals surface area (Å²) in [5, 5.41) is 10.6. The highest BCUT2D eigenvalue weighted by Crippen LogP contribution is 2.38. The second-order valence-corrected chi connectivity index (χ2v) is 6.94. The number of benzene rings is 1. The molecule has 152 valence electrons. The fourth-order valence-corrected chi connectivity index (χ4v) is 3.59. The van der Waals surface area contributed by atoms with E-state index in [1.807, 2.05) is 41.1 Å². The Morgan fingerprint density at radius 1 is 1.17 bits per heavy atom. The molecule has 0 bridgehead atoms. The van der Waals surface area contributed by atoms with Crippen molar-refractivity contribution in [1.82, 2.24) is 14.5 Å². The van der Waals surface area contributed by atoms with Crippen molar-refractivity contribution >= 4 is 17.8 Å². The fourth-order valence-electron chi connectivity index (χ4n) is 3.59. The summed E-state index contributed by atoms with van der Waals surface area (Å²) in [6.07, 6.45) is 10.3. The highest BCUT2D eigenvalue weighted by Gasteiger charge is 2.42. The van der Waals surface area contributed by atoms with Gasteiger partial charge in [-0.05, 0) is 36.3 Å². The molecule has 3 heterocycles. The third kappa shape index (κ3) is 3.96. The first kappa shape index (κ1) is 19.4. The summed E-state index contributed by atoms with van der Waals surface area (Å²) in [6, 6.07) is 12.1. The van der Waals surface area contributed by atoms with Gasteiger partial charge in [-0.25, -0.2) is 4.98 Å². The van der Waals surface area contributed by atoms with E-state index in [1.54, 1.807) is 29.6 Å².